The van der Waals surface area contributed by atoms with E-state index in [1.807, 2.05) is 73.4 Å². The molecule has 0 spiro atoms. The zero-order valence-electron chi connectivity index (χ0n) is 15.7. The summed E-state index contributed by atoms with van der Waals surface area (Å²) in [5.74, 6) is -0.0753. The zero-order chi connectivity index (χ0) is 19.1. The lowest BCUT2D eigenvalue weighted by molar-refractivity contribution is 0.0953. The summed E-state index contributed by atoms with van der Waals surface area (Å²) in [4.78, 5) is 18.6. The first-order valence-corrected chi connectivity index (χ1v) is 9.01. The van der Waals surface area contributed by atoms with Crippen LogP contribution >= 0.6 is 0 Å². The van der Waals surface area contributed by atoms with E-state index in [1.54, 1.807) is 12.5 Å². The number of benzene rings is 2. The van der Waals surface area contributed by atoms with Crippen LogP contribution in [0.2, 0.25) is 0 Å². The van der Waals surface area contributed by atoms with Gasteiger partial charge < -0.3 is 20.1 Å². The van der Waals surface area contributed by atoms with Crippen LogP contribution in [0.15, 0.2) is 67.3 Å². The summed E-state index contributed by atoms with van der Waals surface area (Å²) < 4.78 is 2.00. The topological polar surface area (TPSA) is 62.2 Å². The van der Waals surface area contributed by atoms with Crippen LogP contribution < -0.4 is 15.5 Å². The van der Waals surface area contributed by atoms with Crippen molar-refractivity contribution in [3.8, 4) is 0 Å². The summed E-state index contributed by atoms with van der Waals surface area (Å²) in [5.41, 5.74) is 3.50. The molecule has 140 valence electrons. The van der Waals surface area contributed by atoms with Crippen molar-refractivity contribution < 1.29 is 4.79 Å². The van der Waals surface area contributed by atoms with E-state index in [9.17, 15) is 4.79 Å². The Morgan fingerprint density at radius 2 is 1.89 bits per heavy atom. The summed E-state index contributed by atoms with van der Waals surface area (Å²) in [6.07, 6.45) is 6.31. The van der Waals surface area contributed by atoms with Gasteiger partial charge in [0.25, 0.3) is 5.91 Å². The minimum Gasteiger partial charge on any atom is -0.378 e. The number of aryl methyl sites for hydroxylation is 1. The number of amides is 1. The first-order valence-electron chi connectivity index (χ1n) is 9.01. The number of imidazole rings is 1. The molecule has 6 heteroatoms. The molecular formula is C21H25N5O. The number of rotatable bonds is 8. The number of hydrogen-bond acceptors (Lipinski definition) is 4. The molecule has 1 aromatic heterocycles. The molecule has 6 nitrogen and oxygen atoms in total. The number of para-hydroxylation sites is 1. The molecule has 0 radical (unpaired) electrons. The van der Waals surface area contributed by atoms with Gasteiger partial charge in [-0.25, -0.2) is 4.98 Å². The van der Waals surface area contributed by atoms with E-state index in [2.05, 4.69) is 20.5 Å². The number of carbonyl (C=O) groups excluding carboxylic acids is 1. The quantitative estimate of drug-likeness (QED) is 0.601. The monoisotopic (exact) mass is 363 g/mol. The maximum atomic E-state index is 12.6. The fourth-order valence-corrected chi connectivity index (χ4v) is 2.77. The van der Waals surface area contributed by atoms with Crippen molar-refractivity contribution >= 4 is 23.0 Å². The van der Waals surface area contributed by atoms with Gasteiger partial charge in [-0.15, -0.1) is 0 Å². The van der Waals surface area contributed by atoms with Crippen LogP contribution in [0.4, 0.5) is 17.1 Å². The molecule has 0 saturated carbocycles. The highest BCUT2D eigenvalue weighted by Gasteiger charge is 2.10. The van der Waals surface area contributed by atoms with Crippen LogP contribution in [0.5, 0.6) is 0 Å². The van der Waals surface area contributed by atoms with Gasteiger partial charge in [-0.2, -0.15) is 0 Å². The van der Waals surface area contributed by atoms with Gasteiger partial charge in [0.1, 0.15) is 0 Å². The van der Waals surface area contributed by atoms with Crippen molar-refractivity contribution in [2.24, 2.45) is 0 Å². The van der Waals surface area contributed by atoms with Crippen LogP contribution in [0.3, 0.4) is 0 Å². The summed E-state index contributed by atoms with van der Waals surface area (Å²) in [5, 5.41) is 6.33. The molecule has 3 rings (SSSR count). The smallest absolute Gasteiger partial charge is 0.253 e. The Balaban J connectivity index is 1.59. The molecule has 0 aliphatic rings. The molecule has 1 heterocycles. The van der Waals surface area contributed by atoms with Gasteiger partial charge in [0.15, 0.2) is 0 Å². The van der Waals surface area contributed by atoms with Gasteiger partial charge in [0.2, 0.25) is 0 Å². The minimum atomic E-state index is -0.0753. The van der Waals surface area contributed by atoms with E-state index in [-0.39, 0.29) is 5.91 Å². The second kappa shape index (κ2) is 8.89. The maximum absolute atomic E-state index is 12.6. The highest BCUT2D eigenvalue weighted by molar-refractivity contribution is 6.00. The predicted octanol–water partition coefficient (Wildman–Crippen LogP) is 3.51. The van der Waals surface area contributed by atoms with Gasteiger partial charge in [0, 0.05) is 51.0 Å². The highest BCUT2D eigenvalue weighted by Crippen LogP contribution is 2.23. The van der Waals surface area contributed by atoms with Crippen LogP contribution in [-0.2, 0) is 6.54 Å². The lowest BCUT2D eigenvalue weighted by Gasteiger charge is -2.15. The summed E-state index contributed by atoms with van der Waals surface area (Å²) in [6, 6.07) is 15.7. The molecule has 0 atom stereocenters. The van der Waals surface area contributed by atoms with Crippen molar-refractivity contribution in [1.29, 1.82) is 0 Å². The Morgan fingerprint density at radius 3 is 2.59 bits per heavy atom. The molecule has 0 bridgehead atoms. The van der Waals surface area contributed by atoms with Gasteiger partial charge in [-0.3, -0.25) is 4.79 Å². The third kappa shape index (κ3) is 5.10. The second-order valence-electron chi connectivity index (χ2n) is 6.52. The Labute approximate surface area is 159 Å². The normalized spacial score (nSPS) is 10.4. The third-order valence-corrected chi connectivity index (χ3v) is 4.27. The SMILES string of the molecule is CN(C)c1ccc(Nc2ccccc2C(=O)NCCCn2ccnc2)cc1. The van der Waals surface area contributed by atoms with E-state index in [0.717, 1.165) is 30.0 Å². The molecule has 1 amide bonds. The lowest BCUT2D eigenvalue weighted by Crippen LogP contribution is -2.25. The molecule has 3 aromatic rings. The largest absolute Gasteiger partial charge is 0.378 e. The van der Waals surface area contributed by atoms with Crippen molar-refractivity contribution in [2.45, 2.75) is 13.0 Å². The van der Waals surface area contributed by atoms with E-state index < -0.39 is 0 Å². The summed E-state index contributed by atoms with van der Waals surface area (Å²) in [6.45, 7) is 1.45. The van der Waals surface area contributed by atoms with Crippen molar-refractivity contribution in [3.63, 3.8) is 0 Å². The molecule has 0 unspecified atom stereocenters. The Bertz CT molecular complexity index is 857. The molecular weight excluding hydrogens is 338 g/mol. The Kier molecular flexibility index (Phi) is 6.10. The first kappa shape index (κ1) is 18.5. The fraction of sp³-hybridized carbons (Fsp3) is 0.238. The second-order valence-corrected chi connectivity index (χ2v) is 6.52. The lowest BCUT2D eigenvalue weighted by atomic mass is 10.1. The predicted molar refractivity (Wildman–Crippen MR) is 110 cm³/mol. The third-order valence-electron chi connectivity index (χ3n) is 4.27. The molecule has 0 fully saturated rings. The summed E-state index contributed by atoms with van der Waals surface area (Å²) >= 11 is 0. The number of anilines is 3. The van der Waals surface area contributed by atoms with Gasteiger partial charge in [-0.1, -0.05) is 12.1 Å². The van der Waals surface area contributed by atoms with Crippen LogP contribution in [0, 0.1) is 0 Å². The fourth-order valence-electron chi connectivity index (χ4n) is 2.77. The first-order chi connectivity index (χ1) is 13.1. The number of hydrogen-bond donors (Lipinski definition) is 2. The Hall–Kier alpha value is -3.28. The van der Waals surface area contributed by atoms with Gasteiger partial charge in [-0.05, 0) is 42.8 Å². The summed E-state index contributed by atoms with van der Waals surface area (Å²) in [7, 11) is 4.02. The maximum Gasteiger partial charge on any atom is 0.253 e. The van der Waals surface area contributed by atoms with Gasteiger partial charge in [0.05, 0.1) is 17.6 Å². The molecule has 2 aromatic carbocycles. The molecule has 0 aliphatic heterocycles. The number of carbonyl (C=O) groups is 1. The van der Waals surface area contributed by atoms with Crippen molar-refractivity contribution in [3.05, 3.63) is 72.8 Å². The molecule has 2 N–H and O–H groups in total. The number of nitrogens with zero attached hydrogens (tertiary/aromatic N) is 3. The Morgan fingerprint density at radius 1 is 1.11 bits per heavy atom. The average Bonchev–Trinajstić information content (AvgIpc) is 3.19. The van der Waals surface area contributed by atoms with Crippen LogP contribution in [-0.4, -0.2) is 36.1 Å². The zero-order valence-corrected chi connectivity index (χ0v) is 15.7. The van der Waals surface area contributed by atoms with Crippen LogP contribution in [0.25, 0.3) is 0 Å². The van der Waals surface area contributed by atoms with Gasteiger partial charge >= 0.3 is 0 Å². The van der Waals surface area contributed by atoms with E-state index in [1.165, 1.54) is 0 Å². The van der Waals surface area contributed by atoms with Crippen LogP contribution in [0.1, 0.15) is 16.8 Å². The van der Waals surface area contributed by atoms with E-state index >= 15 is 0 Å². The highest BCUT2D eigenvalue weighted by atomic mass is 16.1. The molecule has 27 heavy (non-hydrogen) atoms. The van der Waals surface area contributed by atoms with E-state index in [0.29, 0.717) is 12.1 Å². The number of aromatic nitrogens is 2. The van der Waals surface area contributed by atoms with Crippen molar-refractivity contribution in [1.82, 2.24) is 14.9 Å². The minimum absolute atomic E-state index is 0.0753. The molecule has 0 saturated heterocycles. The average molecular weight is 363 g/mol. The number of nitrogens with one attached hydrogen (secondary N) is 2. The standard InChI is InChI=1S/C21H25N5O/c1-25(2)18-10-8-17(9-11-18)24-20-7-4-3-6-19(20)21(27)23-12-5-14-26-15-13-22-16-26/h3-4,6-11,13,15-16,24H,5,12,14H2,1-2H3,(H,23,27). The van der Waals surface area contributed by atoms with E-state index in [4.69, 9.17) is 0 Å². The molecule has 0 aliphatic carbocycles. The van der Waals surface area contributed by atoms with Crippen molar-refractivity contribution in [2.75, 3.05) is 30.9 Å².